The van der Waals surface area contributed by atoms with Crippen molar-refractivity contribution in [2.24, 2.45) is 0 Å². The first kappa shape index (κ1) is 61.4. The Morgan fingerprint density at radius 2 is 0.562 bits per heavy atom. The van der Waals surface area contributed by atoms with E-state index in [1.54, 1.807) is 0 Å². The Hall–Kier alpha value is -2.63. The highest BCUT2D eigenvalue weighted by atomic mass is 16.6. The lowest BCUT2D eigenvalue weighted by Gasteiger charge is -2.18. The van der Waals surface area contributed by atoms with Gasteiger partial charge in [0, 0.05) is 19.3 Å². The zero-order valence-electron chi connectivity index (χ0n) is 42.6. The molecule has 0 heterocycles. The smallest absolute Gasteiger partial charge is 0.306 e. The van der Waals surface area contributed by atoms with Crippen LogP contribution in [0.3, 0.4) is 0 Å². The van der Waals surface area contributed by atoms with E-state index < -0.39 is 6.10 Å². The number of carbonyl (C=O) groups excluding carboxylic acids is 3. The van der Waals surface area contributed by atoms with Gasteiger partial charge in [-0.1, -0.05) is 230 Å². The summed E-state index contributed by atoms with van der Waals surface area (Å²) < 4.78 is 16.7. The third-order valence-corrected chi connectivity index (χ3v) is 12.1. The van der Waals surface area contributed by atoms with E-state index in [0.29, 0.717) is 19.3 Å². The van der Waals surface area contributed by atoms with E-state index in [0.717, 1.165) is 77.0 Å². The predicted octanol–water partition coefficient (Wildman–Crippen LogP) is 18.3. The van der Waals surface area contributed by atoms with E-state index in [-0.39, 0.29) is 31.1 Å². The maximum atomic E-state index is 12.7. The van der Waals surface area contributed by atoms with Crippen LogP contribution >= 0.6 is 0 Å². The molecular weight excluding hydrogens is 793 g/mol. The molecule has 0 aliphatic rings. The van der Waals surface area contributed by atoms with Crippen molar-refractivity contribution in [3.63, 3.8) is 0 Å². The zero-order chi connectivity index (χ0) is 46.5. The minimum Gasteiger partial charge on any atom is -0.462 e. The standard InChI is InChI=1S/C58H104O6/c1-4-7-10-13-16-18-20-22-23-24-25-26-27-28-29-30-31-32-33-34-35-37-38-40-42-45-48-51-57(60)63-54-55(53-62-56(59)50-47-44-15-12-9-6-3)64-58(61)52-49-46-43-41-39-36-21-19-17-14-11-8-5-2/h19-22,24-25,27-28,55H,4-18,23,26,29-54H2,1-3H3/b21-19-,22-20-,25-24-,28-27-. The van der Waals surface area contributed by atoms with Crippen LogP contribution in [0.25, 0.3) is 0 Å². The third-order valence-electron chi connectivity index (χ3n) is 12.1. The molecule has 0 saturated heterocycles. The van der Waals surface area contributed by atoms with Gasteiger partial charge in [0.2, 0.25) is 0 Å². The summed E-state index contributed by atoms with van der Waals surface area (Å²) >= 11 is 0. The Labute approximate surface area is 397 Å². The summed E-state index contributed by atoms with van der Waals surface area (Å²) in [6.07, 6.45) is 64.2. The van der Waals surface area contributed by atoms with Crippen molar-refractivity contribution >= 4 is 17.9 Å². The molecular formula is C58H104O6. The summed E-state index contributed by atoms with van der Waals surface area (Å²) in [4.78, 5) is 37.7. The summed E-state index contributed by atoms with van der Waals surface area (Å²) in [5.74, 6) is -0.889. The second-order valence-corrected chi connectivity index (χ2v) is 18.5. The van der Waals surface area contributed by atoms with Crippen molar-refractivity contribution in [1.82, 2.24) is 0 Å². The predicted molar refractivity (Wildman–Crippen MR) is 275 cm³/mol. The van der Waals surface area contributed by atoms with Gasteiger partial charge in [0.25, 0.3) is 0 Å². The molecule has 0 N–H and O–H groups in total. The summed E-state index contributed by atoms with van der Waals surface area (Å²) in [5, 5.41) is 0. The molecule has 0 aliphatic carbocycles. The van der Waals surface area contributed by atoms with Crippen LogP contribution in [-0.2, 0) is 28.6 Å². The van der Waals surface area contributed by atoms with E-state index in [1.807, 2.05) is 0 Å². The molecule has 0 radical (unpaired) electrons. The number of carbonyl (C=O) groups is 3. The van der Waals surface area contributed by atoms with Crippen LogP contribution in [0.4, 0.5) is 0 Å². The Balaban J connectivity index is 4.07. The van der Waals surface area contributed by atoms with Gasteiger partial charge < -0.3 is 14.2 Å². The van der Waals surface area contributed by atoms with E-state index in [9.17, 15) is 14.4 Å². The number of allylic oxidation sites excluding steroid dienone is 8. The van der Waals surface area contributed by atoms with Crippen molar-refractivity contribution in [3.8, 4) is 0 Å². The summed E-state index contributed by atoms with van der Waals surface area (Å²) in [5.41, 5.74) is 0. The summed E-state index contributed by atoms with van der Waals surface area (Å²) in [7, 11) is 0. The van der Waals surface area contributed by atoms with Gasteiger partial charge in [0.1, 0.15) is 13.2 Å². The SMILES string of the molecule is CCCCCC/C=C\CCCCCCCC(=O)OC(COC(=O)CCCCCCCC)COC(=O)CCCCCCCCCCCCCC/C=C\C/C=C\C/C=C\CCCCCCC. The van der Waals surface area contributed by atoms with Gasteiger partial charge >= 0.3 is 17.9 Å². The number of hydrogen-bond acceptors (Lipinski definition) is 6. The molecule has 6 heteroatoms. The largest absolute Gasteiger partial charge is 0.462 e. The second kappa shape index (κ2) is 53.0. The molecule has 0 rings (SSSR count). The number of unbranched alkanes of at least 4 members (excludes halogenated alkanes) is 31. The quantitative estimate of drug-likeness (QED) is 0.0262. The van der Waals surface area contributed by atoms with Gasteiger partial charge in [-0.2, -0.15) is 0 Å². The first-order valence-corrected chi connectivity index (χ1v) is 27.6. The van der Waals surface area contributed by atoms with Crippen molar-refractivity contribution < 1.29 is 28.6 Å². The molecule has 1 atom stereocenters. The van der Waals surface area contributed by atoms with Crippen molar-refractivity contribution in [2.75, 3.05) is 13.2 Å². The van der Waals surface area contributed by atoms with Gasteiger partial charge in [-0.15, -0.1) is 0 Å². The van der Waals surface area contributed by atoms with Crippen molar-refractivity contribution in [3.05, 3.63) is 48.6 Å². The monoisotopic (exact) mass is 897 g/mol. The second-order valence-electron chi connectivity index (χ2n) is 18.5. The van der Waals surface area contributed by atoms with Crippen LogP contribution in [0.15, 0.2) is 48.6 Å². The topological polar surface area (TPSA) is 78.9 Å². The highest BCUT2D eigenvalue weighted by Crippen LogP contribution is 2.15. The molecule has 0 aromatic carbocycles. The van der Waals surface area contributed by atoms with Crippen LogP contribution in [0.1, 0.15) is 284 Å². The van der Waals surface area contributed by atoms with Gasteiger partial charge in [-0.05, 0) is 83.5 Å². The third kappa shape index (κ3) is 50.4. The van der Waals surface area contributed by atoms with E-state index in [1.165, 1.54) is 167 Å². The maximum absolute atomic E-state index is 12.7. The molecule has 0 spiro atoms. The molecule has 0 saturated carbocycles. The molecule has 0 amide bonds. The molecule has 0 aromatic heterocycles. The van der Waals surface area contributed by atoms with E-state index >= 15 is 0 Å². The van der Waals surface area contributed by atoms with Gasteiger partial charge in [0.15, 0.2) is 6.10 Å². The molecule has 6 nitrogen and oxygen atoms in total. The minimum absolute atomic E-state index is 0.0757. The highest BCUT2D eigenvalue weighted by Gasteiger charge is 2.19. The average Bonchev–Trinajstić information content (AvgIpc) is 3.29. The molecule has 64 heavy (non-hydrogen) atoms. The summed E-state index contributed by atoms with van der Waals surface area (Å²) in [6.45, 7) is 6.56. The van der Waals surface area contributed by atoms with Crippen LogP contribution in [0, 0.1) is 0 Å². The maximum Gasteiger partial charge on any atom is 0.306 e. The van der Waals surface area contributed by atoms with E-state index in [4.69, 9.17) is 14.2 Å². The highest BCUT2D eigenvalue weighted by molar-refractivity contribution is 5.71. The van der Waals surface area contributed by atoms with Crippen LogP contribution < -0.4 is 0 Å². The van der Waals surface area contributed by atoms with Crippen LogP contribution in [0.5, 0.6) is 0 Å². The lowest BCUT2D eigenvalue weighted by atomic mass is 10.0. The number of esters is 3. The van der Waals surface area contributed by atoms with Gasteiger partial charge in [0.05, 0.1) is 0 Å². The molecule has 0 aliphatic heterocycles. The van der Waals surface area contributed by atoms with Gasteiger partial charge in [-0.25, -0.2) is 0 Å². The lowest BCUT2D eigenvalue weighted by Crippen LogP contribution is -2.30. The normalized spacial score (nSPS) is 12.4. The molecule has 1 unspecified atom stereocenters. The number of rotatable bonds is 50. The first-order valence-electron chi connectivity index (χ1n) is 27.6. The average molecular weight is 897 g/mol. The molecule has 372 valence electrons. The van der Waals surface area contributed by atoms with Gasteiger partial charge in [-0.3, -0.25) is 14.4 Å². The van der Waals surface area contributed by atoms with Crippen LogP contribution in [-0.4, -0.2) is 37.2 Å². The van der Waals surface area contributed by atoms with Crippen LogP contribution in [0.2, 0.25) is 0 Å². The van der Waals surface area contributed by atoms with E-state index in [2.05, 4.69) is 69.4 Å². The van der Waals surface area contributed by atoms with Crippen molar-refractivity contribution in [2.45, 2.75) is 290 Å². The molecule has 0 bridgehead atoms. The zero-order valence-corrected chi connectivity index (χ0v) is 42.6. The summed E-state index contributed by atoms with van der Waals surface area (Å²) in [6, 6.07) is 0. The van der Waals surface area contributed by atoms with Crippen molar-refractivity contribution in [1.29, 1.82) is 0 Å². The fraction of sp³-hybridized carbons (Fsp3) is 0.810. The first-order chi connectivity index (χ1) is 31.5. The fourth-order valence-corrected chi connectivity index (χ4v) is 7.86. The minimum atomic E-state index is -0.772. The molecule has 0 aromatic rings. The fourth-order valence-electron chi connectivity index (χ4n) is 7.86. The number of ether oxygens (including phenoxy) is 3. The Morgan fingerprint density at radius 1 is 0.312 bits per heavy atom. The number of hydrogen-bond donors (Lipinski definition) is 0. The Bertz CT molecular complexity index is 1120. The lowest BCUT2D eigenvalue weighted by molar-refractivity contribution is -0.167. The molecule has 0 fully saturated rings. The Kier molecular flexibility index (Phi) is 50.8. The Morgan fingerprint density at radius 3 is 0.906 bits per heavy atom.